The maximum Gasteiger partial charge on any atom is 0.272 e. The van der Waals surface area contributed by atoms with Gasteiger partial charge in [0.05, 0.1) is 16.6 Å². The van der Waals surface area contributed by atoms with E-state index in [4.69, 9.17) is 5.26 Å². The third-order valence-electron chi connectivity index (χ3n) is 3.34. The van der Waals surface area contributed by atoms with Crippen molar-refractivity contribution in [3.63, 3.8) is 0 Å². The number of nitrogens with zero attached hydrogens (tertiary/aromatic N) is 3. The van der Waals surface area contributed by atoms with Crippen molar-refractivity contribution in [1.29, 1.82) is 5.26 Å². The molecule has 0 atom stereocenters. The van der Waals surface area contributed by atoms with Crippen molar-refractivity contribution < 1.29 is 4.92 Å². The minimum absolute atomic E-state index is 0.158. The van der Waals surface area contributed by atoms with Gasteiger partial charge < -0.3 is 4.90 Å². The number of likely N-dealkylation sites (N-methyl/N-ethyl adjacent to an activating group) is 1. The molecule has 5 heteroatoms. The molecular weight excluding hydrogens is 266 g/mol. The lowest BCUT2D eigenvalue weighted by atomic mass is 10.1. The van der Waals surface area contributed by atoms with E-state index in [-0.39, 0.29) is 10.6 Å². The molecule has 2 rings (SSSR count). The number of benzene rings is 2. The van der Waals surface area contributed by atoms with E-state index in [0.29, 0.717) is 18.5 Å². The number of rotatable bonds is 5. The standard InChI is InChI=1S/C16H15N3O2/c1-18(15-8-6-13(12-17)7-9-15)11-10-14-4-2-3-5-16(14)19(20)21/h2-9H,10-11H2,1H3. The molecule has 0 spiro atoms. The van der Waals surface area contributed by atoms with Gasteiger partial charge in [-0.2, -0.15) is 5.26 Å². The Labute approximate surface area is 123 Å². The van der Waals surface area contributed by atoms with Crippen LogP contribution in [0.5, 0.6) is 0 Å². The molecule has 0 fully saturated rings. The Balaban J connectivity index is 2.05. The fraction of sp³-hybridized carbons (Fsp3) is 0.188. The lowest BCUT2D eigenvalue weighted by molar-refractivity contribution is -0.385. The van der Waals surface area contributed by atoms with Gasteiger partial charge in [0.15, 0.2) is 0 Å². The Morgan fingerprint density at radius 1 is 1.19 bits per heavy atom. The van der Waals surface area contributed by atoms with Gasteiger partial charge in [0, 0.05) is 30.9 Å². The van der Waals surface area contributed by atoms with Crippen molar-refractivity contribution in [1.82, 2.24) is 0 Å². The van der Waals surface area contributed by atoms with Crippen LogP contribution >= 0.6 is 0 Å². The summed E-state index contributed by atoms with van der Waals surface area (Å²) in [4.78, 5) is 12.6. The monoisotopic (exact) mass is 281 g/mol. The van der Waals surface area contributed by atoms with E-state index >= 15 is 0 Å². The van der Waals surface area contributed by atoms with Crippen LogP contribution in [0.25, 0.3) is 0 Å². The quantitative estimate of drug-likeness (QED) is 0.623. The lowest BCUT2D eigenvalue weighted by Crippen LogP contribution is -2.20. The second kappa shape index (κ2) is 6.53. The van der Waals surface area contributed by atoms with E-state index < -0.39 is 0 Å². The number of nitriles is 1. The van der Waals surface area contributed by atoms with Gasteiger partial charge in [-0.05, 0) is 30.7 Å². The highest BCUT2D eigenvalue weighted by Crippen LogP contribution is 2.20. The molecule has 0 saturated carbocycles. The third-order valence-corrected chi connectivity index (χ3v) is 3.34. The molecule has 0 aliphatic heterocycles. The first-order chi connectivity index (χ1) is 10.1. The Morgan fingerprint density at radius 3 is 2.48 bits per heavy atom. The lowest BCUT2D eigenvalue weighted by Gasteiger charge is -2.19. The number of hydrogen-bond donors (Lipinski definition) is 0. The van der Waals surface area contributed by atoms with E-state index in [2.05, 4.69) is 6.07 Å². The van der Waals surface area contributed by atoms with Gasteiger partial charge in [0.2, 0.25) is 0 Å². The fourth-order valence-corrected chi connectivity index (χ4v) is 2.11. The molecule has 0 heterocycles. The summed E-state index contributed by atoms with van der Waals surface area (Å²) in [6.07, 6.45) is 0.591. The average Bonchev–Trinajstić information content (AvgIpc) is 2.52. The Hall–Kier alpha value is -2.87. The van der Waals surface area contributed by atoms with Crippen LogP contribution < -0.4 is 4.90 Å². The minimum atomic E-state index is -0.350. The number of nitro benzene ring substituents is 1. The Morgan fingerprint density at radius 2 is 1.86 bits per heavy atom. The summed E-state index contributed by atoms with van der Waals surface area (Å²) in [7, 11) is 1.93. The summed E-state index contributed by atoms with van der Waals surface area (Å²) in [6.45, 7) is 0.663. The molecule has 0 radical (unpaired) electrons. The second-order valence-corrected chi connectivity index (χ2v) is 4.72. The summed E-state index contributed by atoms with van der Waals surface area (Å²) in [6, 6.07) is 16.1. The average molecular weight is 281 g/mol. The van der Waals surface area contributed by atoms with E-state index in [1.807, 2.05) is 30.1 Å². The molecule has 0 N–H and O–H groups in total. The summed E-state index contributed by atoms with van der Waals surface area (Å²) in [5.74, 6) is 0. The molecule has 0 bridgehead atoms. The van der Waals surface area contributed by atoms with E-state index in [1.165, 1.54) is 6.07 Å². The van der Waals surface area contributed by atoms with Crippen molar-refractivity contribution >= 4 is 11.4 Å². The number of para-hydroxylation sites is 1. The summed E-state index contributed by atoms with van der Waals surface area (Å²) in [5.41, 5.74) is 2.48. The minimum Gasteiger partial charge on any atom is -0.374 e. The van der Waals surface area contributed by atoms with Gasteiger partial charge in [0.25, 0.3) is 5.69 Å². The van der Waals surface area contributed by atoms with Crippen molar-refractivity contribution in [2.45, 2.75) is 6.42 Å². The molecule has 0 aliphatic rings. The smallest absolute Gasteiger partial charge is 0.272 e. The first-order valence-corrected chi connectivity index (χ1v) is 6.55. The van der Waals surface area contributed by atoms with E-state index in [0.717, 1.165) is 11.3 Å². The fourth-order valence-electron chi connectivity index (χ4n) is 2.11. The molecule has 0 saturated heterocycles. The van der Waals surface area contributed by atoms with Crippen molar-refractivity contribution in [2.24, 2.45) is 0 Å². The largest absolute Gasteiger partial charge is 0.374 e. The van der Waals surface area contributed by atoms with E-state index in [9.17, 15) is 10.1 Å². The number of anilines is 1. The van der Waals surface area contributed by atoms with Gasteiger partial charge in [-0.25, -0.2) is 0 Å². The van der Waals surface area contributed by atoms with Gasteiger partial charge in [0.1, 0.15) is 0 Å². The highest BCUT2D eigenvalue weighted by atomic mass is 16.6. The van der Waals surface area contributed by atoms with Crippen LogP contribution in [0.2, 0.25) is 0 Å². The molecule has 2 aromatic rings. The predicted octanol–water partition coefficient (Wildman–Crippen LogP) is 3.15. The predicted molar refractivity (Wildman–Crippen MR) is 81.2 cm³/mol. The zero-order valence-corrected chi connectivity index (χ0v) is 11.7. The molecule has 0 aliphatic carbocycles. The molecule has 5 nitrogen and oxygen atoms in total. The van der Waals surface area contributed by atoms with Crippen molar-refractivity contribution in [2.75, 3.05) is 18.5 Å². The molecule has 0 amide bonds. The van der Waals surface area contributed by atoms with Crippen molar-refractivity contribution in [3.8, 4) is 6.07 Å². The summed E-state index contributed by atoms with van der Waals surface area (Å²) in [5, 5.41) is 19.7. The van der Waals surface area contributed by atoms with Crippen LogP contribution in [-0.4, -0.2) is 18.5 Å². The topological polar surface area (TPSA) is 70.2 Å². The van der Waals surface area contributed by atoms with Crippen molar-refractivity contribution in [3.05, 3.63) is 69.8 Å². The SMILES string of the molecule is CN(CCc1ccccc1[N+](=O)[O-])c1ccc(C#N)cc1. The normalized spacial score (nSPS) is 9.90. The van der Waals surface area contributed by atoms with Gasteiger partial charge in [-0.1, -0.05) is 18.2 Å². The van der Waals surface area contributed by atoms with Crippen LogP contribution in [0.3, 0.4) is 0 Å². The first kappa shape index (κ1) is 14.5. The van der Waals surface area contributed by atoms with Gasteiger partial charge >= 0.3 is 0 Å². The maximum absolute atomic E-state index is 11.0. The van der Waals surface area contributed by atoms with Crippen LogP contribution in [0.4, 0.5) is 11.4 Å². The summed E-state index contributed by atoms with van der Waals surface area (Å²) < 4.78 is 0. The number of hydrogen-bond acceptors (Lipinski definition) is 4. The van der Waals surface area contributed by atoms with Crippen LogP contribution in [0.1, 0.15) is 11.1 Å². The highest BCUT2D eigenvalue weighted by Gasteiger charge is 2.12. The molecule has 21 heavy (non-hydrogen) atoms. The van der Waals surface area contributed by atoms with Crippen LogP contribution in [0.15, 0.2) is 48.5 Å². The zero-order valence-electron chi connectivity index (χ0n) is 11.7. The summed E-state index contributed by atoms with van der Waals surface area (Å²) >= 11 is 0. The molecule has 106 valence electrons. The maximum atomic E-state index is 11.0. The van der Waals surface area contributed by atoms with E-state index in [1.54, 1.807) is 24.3 Å². The Kier molecular flexibility index (Phi) is 4.52. The third kappa shape index (κ3) is 3.57. The second-order valence-electron chi connectivity index (χ2n) is 4.72. The van der Waals surface area contributed by atoms with Crippen LogP contribution in [-0.2, 0) is 6.42 Å². The Bertz CT molecular complexity index is 675. The molecular formula is C16H15N3O2. The highest BCUT2D eigenvalue weighted by molar-refractivity contribution is 5.49. The van der Waals surface area contributed by atoms with Gasteiger partial charge in [-0.3, -0.25) is 10.1 Å². The zero-order chi connectivity index (χ0) is 15.2. The molecule has 2 aromatic carbocycles. The first-order valence-electron chi connectivity index (χ1n) is 6.55. The molecule has 0 unspecified atom stereocenters. The van der Waals surface area contributed by atoms with Gasteiger partial charge in [-0.15, -0.1) is 0 Å². The molecule has 0 aromatic heterocycles. The van der Waals surface area contributed by atoms with Crippen LogP contribution in [0, 0.1) is 21.4 Å². The number of nitro groups is 1.